The Balaban J connectivity index is 3.12. The van der Waals surface area contributed by atoms with Crippen molar-refractivity contribution in [3.8, 4) is 5.75 Å². The van der Waals surface area contributed by atoms with Crippen molar-refractivity contribution >= 4 is 10.0 Å². The van der Waals surface area contributed by atoms with Crippen LogP contribution in [0.4, 0.5) is 0 Å². The molecule has 1 rings (SSSR count). The van der Waals surface area contributed by atoms with Crippen molar-refractivity contribution in [3.05, 3.63) is 24.3 Å². The molecule has 2 N–H and O–H groups in total. The van der Waals surface area contributed by atoms with Crippen LogP contribution in [-0.4, -0.2) is 42.1 Å². The maximum atomic E-state index is 12.2. The molecule has 17 heavy (non-hydrogen) atoms. The van der Waals surface area contributed by atoms with E-state index in [1.54, 1.807) is 13.8 Å². The fraction of sp³-hybridized carbons (Fsp3) is 0.455. The lowest BCUT2D eigenvalue weighted by Crippen LogP contribution is -2.38. The zero-order valence-corrected chi connectivity index (χ0v) is 10.7. The lowest BCUT2D eigenvalue weighted by molar-refractivity contribution is 0.236. The summed E-state index contributed by atoms with van der Waals surface area (Å²) >= 11 is 0. The molecule has 0 aromatic heterocycles. The minimum Gasteiger partial charge on any atom is -0.508 e. The fourth-order valence-corrected chi connectivity index (χ4v) is 3.14. The molecule has 0 saturated heterocycles. The monoisotopic (exact) mass is 259 g/mol. The van der Waals surface area contributed by atoms with Gasteiger partial charge in [0.05, 0.1) is 11.5 Å². The van der Waals surface area contributed by atoms with Gasteiger partial charge in [-0.1, -0.05) is 0 Å². The summed E-state index contributed by atoms with van der Waals surface area (Å²) < 4.78 is 25.6. The van der Waals surface area contributed by atoms with E-state index >= 15 is 0 Å². The molecular formula is C11H17NO4S. The highest BCUT2D eigenvalue weighted by Crippen LogP contribution is 2.20. The minimum atomic E-state index is -3.62. The Kier molecular flexibility index (Phi) is 4.50. The average Bonchev–Trinajstić information content (AvgIpc) is 2.25. The van der Waals surface area contributed by atoms with Crippen LogP contribution in [-0.2, 0) is 10.0 Å². The Bertz CT molecular complexity index is 453. The minimum absolute atomic E-state index is 0.0159. The summed E-state index contributed by atoms with van der Waals surface area (Å²) in [4.78, 5) is 0.109. The van der Waals surface area contributed by atoms with Crippen LogP contribution >= 0.6 is 0 Å². The van der Waals surface area contributed by atoms with Crippen LogP contribution in [0.5, 0.6) is 5.75 Å². The summed E-state index contributed by atoms with van der Waals surface area (Å²) in [5.74, 6) is 0.0159. The number of hydrogen-bond donors (Lipinski definition) is 2. The van der Waals surface area contributed by atoms with Gasteiger partial charge in [0.25, 0.3) is 0 Å². The number of aromatic hydroxyl groups is 1. The molecule has 0 heterocycles. The van der Waals surface area contributed by atoms with Gasteiger partial charge in [-0.15, -0.1) is 0 Å². The number of rotatable bonds is 5. The van der Waals surface area contributed by atoms with Crippen LogP contribution < -0.4 is 0 Å². The summed E-state index contributed by atoms with van der Waals surface area (Å²) in [5, 5.41) is 18.0. The summed E-state index contributed by atoms with van der Waals surface area (Å²) in [6.45, 7) is 3.32. The first-order chi connectivity index (χ1) is 7.89. The van der Waals surface area contributed by atoms with E-state index in [2.05, 4.69) is 0 Å². The third kappa shape index (κ3) is 3.18. The topological polar surface area (TPSA) is 77.8 Å². The molecular weight excluding hydrogens is 242 g/mol. The molecule has 5 nitrogen and oxygen atoms in total. The molecule has 0 spiro atoms. The smallest absolute Gasteiger partial charge is 0.243 e. The average molecular weight is 259 g/mol. The number of sulfonamides is 1. The number of aliphatic hydroxyl groups excluding tert-OH is 1. The Morgan fingerprint density at radius 3 is 2.18 bits per heavy atom. The quantitative estimate of drug-likeness (QED) is 0.819. The SMILES string of the molecule is CC(C)N(CCO)S(=O)(=O)c1ccc(O)cc1. The highest BCUT2D eigenvalue weighted by Gasteiger charge is 2.26. The molecule has 0 bridgehead atoms. The molecule has 0 unspecified atom stereocenters. The highest BCUT2D eigenvalue weighted by atomic mass is 32.2. The zero-order chi connectivity index (χ0) is 13.1. The maximum absolute atomic E-state index is 12.2. The van der Waals surface area contributed by atoms with Gasteiger partial charge < -0.3 is 10.2 Å². The van der Waals surface area contributed by atoms with Gasteiger partial charge in [-0.25, -0.2) is 8.42 Å². The molecule has 0 fully saturated rings. The van der Waals surface area contributed by atoms with E-state index in [-0.39, 0.29) is 29.8 Å². The second-order valence-corrected chi connectivity index (χ2v) is 5.82. The second kappa shape index (κ2) is 5.48. The predicted molar refractivity (Wildman–Crippen MR) is 64.2 cm³/mol. The Labute approximate surface area is 101 Å². The second-order valence-electron chi connectivity index (χ2n) is 3.93. The molecule has 6 heteroatoms. The van der Waals surface area contributed by atoms with Crippen LogP contribution in [0, 0.1) is 0 Å². The van der Waals surface area contributed by atoms with Crippen molar-refractivity contribution in [3.63, 3.8) is 0 Å². The standard InChI is InChI=1S/C11H17NO4S/c1-9(2)12(7-8-13)17(15,16)11-5-3-10(14)4-6-11/h3-6,9,13-14H,7-8H2,1-2H3. The fourth-order valence-electron chi connectivity index (χ4n) is 1.51. The van der Waals surface area contributed by atoms with Gasteiger partial charge in [0.2, 0.25) is 10.0 Å². The van der Waals surface area contributed by atoms with Crippen LogP contribution in [0.25, 0.3) is 0 Å². The van der Waals surface area contributed by atoms with Crippen molar-refractivity contribution in [2.75, 3.05) is 13.2 Å². The summed E-state index contributed by atoms with van der Waals surface area (Å²) in [6, 6.07) is 5.10. The van der Waals surface area contributed by atoms with Crippen LogP contribution in [0.3, 0.4) is 0 Å². The van der Waals surface area contributed by atoms with Crippen molar-refractivity contribution < 1.29 is 18.6 Å². The number of benzene rings is 1. The highest BCUT2D eigenvalue weighted by molar-refractivity contribution is 7.89. The first-order valence-electron chi connectivity index (χ1n) is 5.31. The van der Waals surface area contributed by atoms with Crippen molar-refractivity contribution in [1.82, 2.24) is 4.31 Å². The number of phenolic OH excluding ortho intramolecular Hbond substituents is 1. The molecule has 0 amide bonds. The molecule has 96 valence electrons. The number of nitrogens with zero attached hydrogens (tertiary/aromatic N) is 1. The molecule has 0 aliphatic heterocycles. The Morgan fingerprint density at radius 1 is 1.24 bits per heavy atom. The predicted octanol–water partition coefficient (Wildman–Crippen LogP) is 0.784. The molecule has 0 saturated carbocycles. The first-order valence-corrected chi connectivity index (χ1v) is 6.75. The van der Waals surface area contributed by atoms with E-state index in [1.807, 2.05) is 0 Å². The summed E-state index contributed by atoms with van der Waals surface area (Å²) in [7, 11) is -3.62. The molecule has 0 aliphatic carbocycles. The van der Waals surface area contributed by atoms with Gasteiger partial charge in [0.1, 0.15) is 5.75 Å². The van der Waals surface area contributed by atoms with E-state index in [0.717, 1.165) is 0 Å². The molecule has 0 atom stereocenters. The Morgan fingerprint density at radius 2 is 1.76 bits per heavy atom. The third-order valence-electron chi connectivity index (χ3n) is 2.34. The van der Waals surface area contributed by atoms with Crippen molar-refractivity contribution in [1.29, 1.82) is 0 Å². The van der Waals surface area contributed by atoms with E-state index in [1.165, 1.54) is 28.6 Å². The molecule has 0 radical (unpaired) electrons. The first kappa shape index (κ1) is 14.0. The molecule has 0 aliphatic rings. The van der Waals surface area contributed by atoms with E-state index in [4.69, 9.17) is 10.2 Å². The van der Waals surface area contributed by atoms with E-state index in [9.17, 15) is 8.42 Å². The maximum Gasteiger partial charge on any atom is 0.243 e. The number of hydrogen-bond acceptors (Lipinski definition) is 4. The van der Waals surface area contributed by atoms with Gasteiger partial charge in [-0.05, 0) is 38.1 Å². The zero-order valence-electron chi connectivity index (χ0n) is 9.87. The Hall–Kier alpha value is -1.11. The molecule has 1 aromatic carbocycles. The van der Waals surface area contributed by atoms with Crippen LogP contribution in [0.1, 0.15) is 13.8 Å². The number of aliphatic hydroxyl groups is 1. The van der Waals surface area contributed by atoms with Gasteiger partial charge in [0.15, 0.2) is 0 Å². The normalized spacial score (nSPS) is 12.3. The van der Waals surface area contributed by atoms with Gasteiger partial charge in [-0.3, -0.25) is 0 Å². The van der Waals surface area contributed by atoms with Crippen molar-refractivity contribution in [2.45, 2.75) is 24.8 Å². The largest absolute Gasteiger partial charge is 0.508 e. The summed E-state index contributed by atoms with van der Waals surface area (Å²) in [5.41, 5.74) is 0. The van der Waals surface area contributed by atoms with Gasteiger partial charge >= 0.3 is 0 Å². The van der Waals surface area contributed by atoms with Gasteiger partial charge in [0, 0.05) is 12.6 Å². The number of phenols is 1. The van der Waals surface area contributed by atoms with Gasteiger partial charge in [-0.2, -0.15) is 4.31 Å². The molecule has 1 aromatic rings. The van der Waals surface area contributed by atoms with E-state index < -0.39 is 10.0 Å². The van der Waals surface area contributed by atoms with Crippen molar-refractivity contribution in [2.24, 2.45) is 0 Å². The lowest BCUT2D eigenvalue weighted by Gasteiger charge is -2.25. The third-order valence-corrected chi connectivity index (χ3v) is 4.43. The van der Waals surface area contributed by atoms with Crippen LogP contribution in [0.15, 0.2) is 29.2 Å². The van der Waals surface area contributed by atoms with E-state index in [0.29, 0.717) is 0 Å². The lowest BCUT2D eigenvalue weighted by atomic mass is 10.3. The summed E-state index contributed by atoms with van der Waals surface area (Å²) in [6.07, 6.45) is 0. The van der Waals surface area contributed by atoms with Crippen LogP contribution in [0.2, 0.25) is 0 Å².